The van der Waals surface area contributed by atoms with Gasteiger partial charge in [0.15, 0.2) is 5.60 Å². The third kappa shape index (κ3) is 2.31. The van der Waals surface area contributed by atoms with E-state index in [4.69, 9.17) is 9.47 Å². The largest absolute Gasteiger partial charge is 0.467 e. The molecular formula is C16H19NO4. The fourth-order valence-electron chi connectivity index (χ4n) is 3.06. The molecule has 1 amide bonds. The van der Waals surface area contributed by atoms with Crippen LogP contribution >= 0.6 is 0 Å². The quantitative estimate of drug-likeness (QED) is 0.627. The first kappa shape index (κ1) is 14.1. The summed E-state index contributed by atoms with van der Waals surface area (Å²) >= 11 is 0. The third-order valence-corrected chi connectivity index (χ3v) is 4.32. The van der Waals surface area contributed by atoms with E-state index in [9.17, 15) is 9.59 Å². The molecule has 2 saturated heterocycles. The lowest BCUT2D eigenvalue weighted by Crippen LogP contribution is -2.46. The molecule has 5 heteroatoms. The van der Waals surface area contributed by atoms with E-state index in [0.717, 1.165) is 12.0 Å². The van der Waals surface area contributed by atoms with Gasteiger partial charge in [0.05, 0.1) is 7.11 Å². The third-order valence-electron chi connectivity index (χ3n) is 4.32. The van der Waals surface area contributed by atoms with Crippen molar-refractivity contribution in [3.8, 4) is 0 Å². The number of amides is 1. The van der Waals surface area contributed by atoms with Crippen LogP contribution in [0.3, 0.4) is 0 Å². The molecule has 21 heavy (non-hydrogen) atoms. The van der Waals surface area contributed by atoms with Gasteiger partial charge in [-0.25, -0.2) is 4.79 Å². The van der Waals surface area contributed by atoms with Crippen LogP contribution < -0.4 is 0 Å². The Balaban J connectivity index is 1.76. The molecule has 2 fully saturated rings. The van der Waals surface area contributed by atoms with Crippen LogP contribution in [0.5, 0.6) is 0 Å². The summed E-state index contributed by atoms with van der Waals surface area (Å²) in [6.45, 7) is 2.37. The van der Waals surface area contributed by atoms with E-state index in [1.807, 2.05) is 30.3 Å². The number of ether oxygens (including phenoxy) is 2. The van der Waals surface area contributed by atoms with Gasteiger partial charge in [-0.2, -0.15) is 0 Å². The highest BCUT2D eigenvalue weighted by Crippen LogP contribution is 2.51. The van der Waals surface area contributed by atoms with Gasteiger partial charge in [-0.3, -0.25) is 4.79 Å². The summed E-state index contributed by atoms with van der Waals surface area (Å²) < 4.78 is 10.5. The average Bonchev–Trinajstić information content (AvgIpc) is 2.99. The number of esters is 1. The molecule has 0 bridgehead atoms. The maximum absolute atomic E-state index is 12.7. The van der Waals surface area contributed by atoms with Gasteiger partial charge in [-0.15, -0.1) is 0 Å². The standard InChI is InChI=1S/C16H19NO4/c1-16(13(21-16)11-7-4-3-5-8-11)15(19)17-10-6-9-12(17)14(18)20-2/h3-5,7-8,12-13H,6,9-10H2,1-2H3/t12?,13-,16+/m0/s1. The van der Waals surface area contributed by atoms with E-state index in [0.29, 0.717) is 13.0 Å². The molecule has 3 atom stereocenters. The highest BCUT2D eigenvalue weighted by Gasteiger charge is 2.61. The fourth-order valence-corrected chi connectivity index (χ4v) is 3.06. The van der Waals surface area contributed by atoms with Crippen LogP contribution in [0, 0.1) is 0 Å². The summed E-state index contributed by atoms with van der Waals surface area (Å²) in [6, 6.07) is 9.21. The average molecular weight is 289 g/mol. The van der Waals surface area contributed by atoms with Crippen molar-refractivity contribution < 1.29 is 19.1 Å². The Labute approximate surface area is 123 Å². The minimum absolute atomic E-state index is 0.121. The zero-order chi connectivity index (χ0) is 15.0. The Morgan fingerprint density at radius 1 is 1.33 bits per heavy atom. The van der Waals surface area contributed by atoms with Gasteiger partial charge in [0.2, 0.25) is 0 Å². The highest BCUT2D eigenvalue weighted by atomic mass is 16.6. The minimum Gasteiger partial charge on any atom is -0.467 e. The van der Waals surface area contributed by atoms with Crippen LogP contribution in [-0.4, -0.2) is 42.1 Å². The van der Waals surface area contributed by atoms with Crippen LogP contribution in [0.25, 0.3) is 0 Å². The molecule has 2 aliphatic rings. The van der Waals surface area contributed by atoms with E-state index in [1.165, 1.54) is 7.11 Å². The Kier molecular flexibility index (Phi) is 3.45. The van der Waals surface area contributed by atoms with E-state index in [1.54, 1.807) is 11.8 Å². The fraction of sp³-hybridized carbons (Fsp3) is 0.500. The monoisotopic (exact) mass is 289 g/mol. The first-order valence-electron chi connectivity index (χ1n) is 7.19. The number of nitrogens with zero attached hydrogens (tertiary/aromatic N) is 1. The maximum atomic E-state index is 12.7. The summed E-state index contributed by atoms with van der Waals surface area (Å²) in [5.74, 6) is -0.467. The molecule has 0 aromatic heterocycles. The van der Waals surface area contributed by atoms with E-state index in [2.05, 4.69) is 0 Å². The van der Waals surface area contributed by atoms with Crippen molar-refractivity contribution in [1.29, 1.82) is 0 Å². The Hall–Kier alpha value is -1.88. The molecule has 1 unspecified atom stereocenters. The molecule has 3 rings (SSSR count). The first-order chi connectivity index (χ1) is 10.1. The molecule has 0 saturated carbocycles. The Bertz CT molecular complexity index is 559. The predicted octanol–water partition coefficient (Wildman–Crippen LogP) is 1.68. The first-order valence-corrected chi connectivity index (χ1v) is 7.19. The van der Waals surface area contributed by atoms with Gasteiger partial charge in [0, 0.05) is 6.54 Å². The van der Waals surface area contributed by atoms with Crippen molar-refractivity contribution in [1.82, 2.24) is 4.90 Å². The number of hydrogen-bond acceptors (Lipinski definition) is 4. The lowest BCUT2D eigenvalue weighted by molar-refractivity contribution is -0.152. The normalized spacial score (nSPS) is 31.0. The molecule has 0 radical (unpaired) electrons. The van der Waals surface area contributed by atoms with Crippen molar-refractivity contribution >= 4 is 11.9 Å². The number of hydrogen-bond donors (Lipinski definition) is 0. The van der Waals surface area contributed by atoms with E-state index in [-0.39, 0.29) is 18.0 Å². The second kappa shape index (κ2) is 5.15. The summed E-state index contributed by atoms with van der Waals surface area (Å²) in [6.07, 6.45) is 1.24. The van der Waals surface area contributed by atoms with E-state index < -0.39 is 11.6 Å². The van der Waals surface area contributed by atoms with Crippen LogP contribution in [0.2, 0.25) is 0 Å². The zero-order valence-electron chi connectivity index (χ0n) is 12.2. The second-order valence-electron chi connectivity index (χ2n) is 5.70. The Morgan fingerprint density at radius 3 is 2.71 bits per heavy atom. The number of methoxy groups -OCH3 is 1. The van der Waals surface area contributed by atoms with Crippen LogP contribution in [0.1, 0.15) is 31.4 Å². The second-order valence-corrected chi connectivity index (χ2v) is 5.70. The number of carbonyl (C=O) groups excluding carboxylic acids is 2. The lowest BCUT2D eigenvalue weighted by Gasteiger charge is -2.24. The molecule has 112 valence electrons. The molecule has 1 aromatic carbocycles. The molecule has 2 aliphatic heterocycles. The van der Waals surface area contributed by atoms with Gasteiger partial charge in [-0.1, -0.05) is 30.3 Å². The molecule has 2 heterocycles. The number of rotatable bonds is 3. The number of epoxide rings is 1. The highest BCUT2D eigenvalue weighted by molar-refractivity contribution is 5.92. The topological polar surface area (TPSA) is 59.1 Å². The zero-order valence-corrected chi connectivity index (χ0v) is 12.2. The summed E-state index contributed by atoms with van der Waals surface area (Å²) in [7, 11) is 1.35. The summed E-state index contributed by atoms with van der Waals surface area (Å²) in [4.78, 5) is 26.1. The minimum atomic E-state index is -0.863. The molecule has 5 nitrogen and oxygen atoms in total. The number of likely N-dealkylation sites (tertiary alicyclic amines) is 1. The molecule has 0 spiro atoms. The Morgan fingerprint density at radius 2 is 2.05 bits per heavy atom. The molecule has 1 aromatic rings. The molecular weight excluding hydrogens is 270 g/mol. The SMILES string of the molecule is COC(=O)C1CCCN1C(=O)[C@]1(C)O[C@H]1c1ccccc1. The van der Waals surface area contributed by atoms with Crippen molar-refractivity contribution in [2.45, 2.75) is 37.5 Å². The van der Waals surface area contributed by atoms with Crippen LogP contribution in [0.15, 0.2) is 30.3 Å². The van der Waals surface area contributed by atoms with Crippen molar-refractivity contribution in [3.63, 3.8) is 0 Å². The number of carbonyl (C=O) groups is 2. The van der Waals surface area contributed by atoms with Crippen LogP contribution in [0.4, 0.5) is 0 Å². The lowest BCUT2D eigenvalue weighted by atomic mass is 9.99. The number of benzene rings is 1. The van der Waals surface area contributed by atoms with Gasteiger partial charge in [0.1, 0.15) is 12.1 Å². The molecule has 0 aliphatic carbocycles. The summed E-state index contributed by atoms with van der Waals surface area (Å²) in [5.41, 5.74) is 0.125. The van der Waals surface area contributed by atoms with Gasteiger partial charge >= 0.3 is 5.97 Å². The maximum Gasteiger partial charge on any atom is 0.328 e. The van der Waals surface area contributed by atoms with Crippen LogP contribution in [-0.2, 0) is 19.1 Å². The van der Waals surface area contributed by atoms with Gasteiger partial charge in [0.25, 0.3) is 5.91 Å². The predicted molar refractivity (Wildman–Crippen MR) is 75.4 cm³/mol. The van der Waals surface area contributed by atoms with Crippen molar-refractivity contribution in [2.24, 2.45) is 0 Å². The van der Waals surface area contributed by atoms with E-state index >= 15 is 0 Å². The van der Waals surface area contributed by atoms with Crippen molar-refractivity contribution in [2.75, 3.05) is 13.7 Å². The smallest absolute Gasteiger partial charge is 0.328 e. The summed E-state index contributed by atoms with van der Waals surface area (Å²) in [5, 5.41) is 0. The van der Waals surface area contributed by atoms with Gasteiger partial charge in [-0.05, 0) is 25.3 Å². The van der Waals surface area contributed by atoms with Crippen molar-refractivity contribution in [3.05, 3.63) is 35.9 Å². The molecule has 0 N–H and O–H groups in total. The van der Waals surface area contributed by atoms with Gasteiger partial charge < -0.3 is 14.4 Å².